The van der Waals surface area contributed by atoms with Gasteiger partial charge in [-0.15, -0.1) is 0 Å². The third kappa shape index (κ3) is 89.2. The first-order valence-corrected chi connectivity index (χ1v) is 3.00. The van der Waals surface area contributed by atoms with Gasteiger partial charge in [0.1, 0.15) is 0 Å². The molecule has 0 heterocycles. The van der Waals surface area contributed by atoms with Gasteiger partial charge in [-0.2, -0.15) is 0 Å². The van der Waals surface area contributed by atoms with Gasteiger partial charge in [0, 0.05) is 17.4 Å². The van der Waals surface area contributed by atoms with Crippen LogP contribution >= 0.6 is 0 Å². The van der Waals surface area contributed by atoms with Crippen LogP contribution in [-0.4, -0.2) is 17.4 Å². The smallest absolute Gasteiger partial charge is 1.00 e. The molecule has 0 aliphatic rings. The molecule has 0 unspecified atom stereocenters. The monoisotopic (exact) mass is 157 g/mol. The van der Waals surface area contributed by atoms with E-state index < -0.39 is 0 Å². The van der Waals surface area contributed by atoms with Crippen LogP contribution in [0.5, 0.6) is 0 Å². The minimum atomic E-state index is 0. The van der Waals surface area contributed by atoms with Crippen molar-refractivity contribution in [2.45, 2.75) is 41.5 Å². The van der Waals surface area contributed by atoms with Crippen LogP contribution in [-0.2, 0) is 0 Å². The second kappa shape index (κ2) is 130. The van der Waals surface area contributed by atoms with Gasteiger partial charge >= 0.3 is 51.4 Å². The SMILES string of the molecule is CC.CC.CC.[Al].[H-].[K+]. The number of hydrogen-bond donors (Lipinski definition) is 0. The quantitative estimate of drug-likeness (QED) is 0.428. The van der Waals surface area contributed by atoms with E-state index in [-0.39, 0.29) is 70.2 Å². The zero-order valence-electron chi connectivity index (χ0n) is 8.58. The molecule has 0 rings (SSSR count). The van der Waals surface area contributed by atoms with Gasteiger partial charge in [-0.05, 0) is 0 Å². The van der Waals surface area contributed by atoms with Crippen LogP contribution < -0.4 is 51.4 Å². The zero-order chi connectivity index (χ0) is 6.00. The van der Waals surface area contributed by atoms with E-state index in [0.29, 0.717) is 0 Å². The molecule has 0 spiro atoms. The molecule has 0 aromatic carbocycles. The van der Waals surface area contributed by atoms with E-state index in [0.717, 1.165) is 0 Å². The predicted molar refractivity (Wildman–Crippen MR) is 40.9 cm³/mol. The van der Waals surface area contributed by atoms with E-state index in [1.54, 1.807) is 0 Å². The molecule has 0 aliphatic heterocycles. The molecule has 2 heteroatoms. The van der Waals surface area contributed by atoms with E-state index in [4.69, 9.17) is 0 Å². The Morgan fingerprint density at radius 1 is 0.625 bits per heavy atom. The Morgan fingerprint density at radius 2 is 0.625 bits per heavy atom. The molecule has 0 atom stereocenters. The van der Waals surface area contributed by atoms with Crippen molar-refractivity contribution in [2.75, 3.05) is 0 Å². The van der Waals surface area contributed by atoms with Gasteiger partial charge in [0.2, 0.25) is 0 Å². The molecule has 0 N–H and O–H groups in total. The summed E-state index contributed by atoms with van der Waals surface area (Å²) in [6.45, 7) is 12.0. The van der Waals surface area contributed by atoms with Gasteiger partial charge in [0.05, 0.1) is 0 Å². The molecule has 0 bridgehead atoms. The molecule has 0 fully saturated rings. The molecule has 0 saturated carbocycles. The maximum absolute atomic E-state index is 2.00. The fraction of sp³-hybridized carbons (Fsp3) is 1.00. The van der Waals surface area contributed by atoms with Crippen molar-refractivity contribution in [3.63, 3.8) is 0 Å². The van der Waals surface area contributed by atoms with Crippen molar-refractivity contribution in [1.29, 1.82) is 0 Å². The van der Waals surface area contributed by atoms with Gasteiger partial charge in [0.15, 0.2) is 0 Å². The molecule has 8 heavy (non-hydrogen) atoms. The minimum Gasteiger partial charge on any atom is -1.00 e. The van der Waals surface area contributed by atoms with Crippen molar-refractivity contribution >= 4 is 17.4 Å². The fourth-order valence-corrected chi connectivity index (χ4v) is 0. The Morgan fingerprint density at radius 3 is 0.625 bits per heavy atom. The first kappa shape index (κ1) is 32.0. The number of hydrogen-bond acceptors (Lipinski definition) is 0. The van der Waals surface area contributed by atoms with Crippen LogP contribution in [0.4, 0.5) is 0 Å². The van der Waals surface area contributed by atoms with Crippen LogP contribution in [0, 0.1) is 0 Å². The van der Waals surface area contributed by atoms with Gasteiger partial charge in [-0.25, -0.2) is 0 Å². The van der Waals surface area contributed by atoms with Crippen molar-refractivity contribution < 1.29 is 52.8 Å². The summed E-state index contributed by atoms with van der Waals surface area (Å²) in [7, 11) is 0. The Bertz CT molecular complexity index is 13.0. The molecule has 3 radical (unpaired) electrons. The first-order valence-electron chi connectivity index (χ1n) is 3.00. The van der Waals surface area contributed by atoms with E-state index in [2.05, 4.69) is 0 Å². The summed E-state index contributed by atoms with van der Waals surface area (Å²) < 4.78 is 0. The average Bonchev–Trinajstić information content (AvgIpc) is 1.81. The van der Waals surface area contributed by atoms with Gasteiger partial charge in [-0.3, -0.25) is 0 Å². The standard InChI is InChI=1S/3C2H6.Al.K.H/c3*1-2;;;/h3*1-2H3;;;/q;;;;+1;-1. The topological polar surface area (TPSA) is 0 Å². The maximum Gasteiger partial charge on any atom is 1.00 e. The molecular weight excluding hydrogens is 138 g/mol. The fourth-order valence-electron chi connectivity index (χ4n) is 0. The summed E-state index contributed by atoms with van der Waals surface area (Å²) in [6, 6.07) is 0. The summed E-state index contributed by atoms with van der Waals surface area (Å²) in [5, 5.41) is 0. The Balaban J connectivity index is -0.00000000321. The molecule has 0 nitrogen and oxygen atoms in total. The van der Waals surface area contributed by atoms with E-state index in [1.807, 2.05) is 41.5 Å². The molecular formula is C6H19AlK. The van der Waals surface area contributed by atoms with Crippen LogP contribution in [0.1, 0.15) is 43.0 Å². The normalized spacial score (nSPS) is 2.25. The molecule has 0 saturated heterocycles. The maximum atomic E-state index is 2.00. The molecule has 0 aromatic rings. The Kier molecular flexibility index (Phi) is 520. The summed E-state index contributed by atoms with van der Waals surface area (Å²) in [6.07, 6.45) is 0. The molecule has 0 amide bonds. The second-order valence-corrected chi connectivity index (χ2v) is 0. The van der Waals surface area contributed by atoms with Crippen molar-refractivity contribution in [3.8, 4) is 0 Å². The van der Waals surface area contributed by atoms with E-state index in [9.17, 15) is 0 Å². The van der Waals surface area contributed by atoms with Gasteiger partial charge in [0.25, 0.3) is 0 Å². The third-order valence-electron chi connectivity index (χ3n) is 0. The third-order valence-corrected chi connectivity index (χ3v) is 0. The summed E-state index contributed by atoms with van der Waals surface area (Å²) >= 11 is 0. The van der Waals surface area contributed by atoms with Gasteiger partial charge in [-0.1, -0.05) is 41.5 Å². The Hall–Kier alpha value is 2.17. The largest absolute Gasteiger partial charge is 1.00 e. The van der Waals surface area contributed by atoms with Crippen LogP contribution in [0.2, 0.25) is 0 Å². The van der Waals surface area contributed by atoms with Crippen LogP contribution in [0.25, 0.3) is 0 Å². The molecule has 0 aliphatic carbocycles. The van der Waals surface area contributed by atoms with Crippen molar-refractivity contribution in [2.24, 2.45) is 0 Å². The average molecular weight is 157 g/mol. The zero-order valence-corrected chi connectivity index (χ0v) is 11.9. The van der Waals surface area contributed by atoms with Gasteiger partial charge < -0.3 is 1.43 Å². The van der Waals surface area contributed by atoms with Crippen LogP contribution in [0.15, 0.2) is 0 Å². The molecule has 47 valence electrons. The van der Waals surface area contributed by atoms with E-state index >= 15 is 0 Å². The summed E-state index contributed by atoms with van der Waals surface area (Å²) in [5.74, 6) is 0. The minimum absolute atomic E-state index is 0. The first-order chi connectivity index (χ1) is 3.00. The predicted octanol–water partition coefficient (Wildman–Crippen LogP) is -0.186. The number of rotatable bonds is 0. The second-order valence-electron chi connectivity index (χ2n) is 0. The Labute approximate surface area is 110 Å². The van der Waals surface area contributed by atoms with Crippen molar-refractivity contribution in [1.82, 2.24) is 0 Å². The van der Waals surface area contributed by atoms with Crippen molar-refractivity contribution in [3.05, 3.63) is 0 Å². The summed E-state index contributed by atoms with van der Waals surface area (Å²) in [5.41, 5.74) is 0. The van der Waals surface area contributed by atoms with E-state index in [1.165, 1.54) is 0 Å². The van der Waals surface area contributed by atoms with Crippen LogP contribution in [0.3, 0.4) is 0 Å². The molecule has 0 aromatic heterocycles. The summed E-state index contributed by atoms with van der Waals surface area (Å²) in [4.78, 5) is 0.